The minimum absolute atomic E-state index is 0.226. The van der Waals surface area contributed by atoms with Gasteiger partial charge in [-0.05, 0) is 24.2 Å². The molecular weight excluding hydrogens is 206 g/mol. The van der Waals surface area contributed by atoms with E-state index in [0.717, 1.165) is 13.1 Å². The first-order chi connectivity index (χ1) is 7.26. The second kappa shape index (κ2) is 6.88. The van der Waals surface area contributed by atoms with Gasteiger partial charge in [0.1, 0.15) is 0 Å². The van der Waals surface area contributed by atoms with Crippen LogP contribution in [0.5, 0.6) is 0 Å². The Labute approximate surface area is 96.1 Å². The molecule has 0 aliphatic carbocycles. The average molecular weight is 225 g/mol. The normalized spacial score (nSPS) is 12.7. The molecule has 0 heterocycles. The van der Waals surface area contributed by atoms with Gasteiger partial charge in [-0.25, -0.2) is 0 Å². The molecule has 3 heteroatoms. The predicted molar refractivity (Wildman–Crippen MR) is 66.2 cm³/mol. The summed E-state index contributed by atoms with van der Waals surface area (Å²) in [6.45, 7) is 6.28. The summed E-state index contributed by atoms with van der Waals surface area (Å²) >= 11 is 1.71. The molecule has 0 amide bonds. The molecule has 0 bridgehead atoms. The maximum absolute atomic E-state index is 8.94. The third-order valence-corrected chi connectivity index (χ3v) is 3.19. The molecule has 1 atom stereocenters. The summed E-state index contributed by atoms with van der Waals surface area (Å²) < 4.78 is 0. The van der Waals surface area contributed by atoms with Gasteiger partial charge in [0.05, 0.1) is 6.61 Å². The molecule has 15 heavy (non-hydrogen) atoms. The summed E-state index contributed by atoms with van der Waals surface area (Å²) in [5.41, 5.74) is 1.30. The number of aliphatic hydroxyl groups excluding tert-OH is 1. The summed E-state index contributed by atoms with van der Waals surface area (Å²) in [7, 11) is 0. The van der Waals surface area contributed by atoms with Crippen molar-refractivity contribution >= 4 is 11.8 Å². The highest BCUT2D eigenvalue weighted by molar-refractivity contribution is 8.00. The lowest BCUT2D eigenvalue weighted by atomic mass is 10.2. The molecule has 84 valence electrons. The minimum Gasteiger partial charge on any atom is -0.395 e. The molecule has 1 aromatic carbocycles. The Hall–Kier alpha value is -0.510. The van der Waals surface area contributed by atoms with E-state index >= 15 is 0 Å². The van der Waals surface area contributed by atoms with Crippen LogP contribution in [0.3, 0.4) is 0 Å². The monoisotopic (exact) mass is 225 g/mol. The number of aliphatic hydroxyl groups is 1. The van der Waals surface area contributed by atoms with E-state index in [4.69, 9.17) is 5.11 Å². The third-order valence-electron chi connectivity index (χ3n) is 2.10. The molecule has 0 spiro atoms. The Bertz CT molecular complexity index is 273. The second-order valence-corrected chi connectivity index (χ2v) is 5.05. The molecule has 0 radical (unpaired) electrons. The van der Waals surface area contributed by atoms with Gasteiger partial charge in [0.2, 0.25) is 0 Å². The van der Waals surface area contributed by atoms with Crippen molar-refractivity contribution < 1.29 is 5.11 Å². The van der Waals surface area contributed by atoms with Crippen molar-refractivity contribution in [3.05, 3.63) is 29.8 Å². The van der Waals surface area contributed by atoms with Gasteiger partial charge in [0.25, 0.3) is 0 Å². The lowest BCUT2D eigenvalue weighted by Gasteiger charge is -2.08. The highest BCUT2D eigenvalue weighted by Gasteiger charge is 2.02. The van der Waals surface area contributed by atoms with Gasteiger partial charge in [-0.2, -0.15) is 0 Å². The van der Waals surface area contributed by atoms with Crippen molar-refractivity contribution in [3.63, 3.8) is 0 Å². The zero-order chi connectivity index (χ0) is 11.1. The molecule has 1 unspecified atom stereocenters. The molecule has 0 saturated carbocycles. The van der Waals surface area contributed by atoms with Crippen molar-refractivity contribution in [2.24, 2.45) is 0 Å². The summed E-state index contributed by atoms with van der Waals surface area (Å²) in [5, 5.41) is 12.5. The number of nitrogens with one attached hydrogen (secondary N) is 1. The molecular formula is C12H19NOS. The van der Waals surface area contributed by atoms with Crippen LogP contribution in [0.2, 0.25) is 0 Å². The molecule has 0 aromatic heterocycles. The van der Waals surface area contributed by atoms with Crippen LogP contribution in [-0.2, 0) is 6.54 Å². The Morgan fingerprint density at radius 3 is 2.53 bits per heavy atom. The van der Waals surface area contributed by atoms with E-state index < -0.39 is 0 Å². The number of hydrogen-bond acceptors (Lipinski definition) is 3. The van der Waals surface area contributed by atoms with Crippen LogP contribution in [-0.4, -0.2) is 23.5 Å². The van der Waals surface area contributed by atoms with Gasteiger partial charge in [-0.1, -0.05) is 26.0 Å². The highest BCUT2D eigenvalue weighted by Crippen LogP contribution is 2.22. The summed E-state index contributed by atoms with van der Waals surface area (Å²) in [5.74, 6) is 0. The lowest BCUT2D eigenvalue weighted by molar-refractivity contribution is 0.300. The van der Waals surface area contributed by atoms with E-state index in [1.807, 2.05) is 6.92 Å². The molecule has 1 rings (SSSR count). The van der Waals surface area contributed by atoms with E-state index in [-0.39, 0.29) is 11.9 Å². The number of benzene rings is 1. The van der Waals surface area contributed by atoms with Crippen molar-refractivity contribution in [1.29, 1.82) is 0 Å². The zero-order valence-corrected chi connectivity index (χ0v) is 10.2. The first-order valence-corrected chi connectivity index (χ1v) is 6.21. The average Bonchev–Trinajstić information content (AvgIpc) is 2.28. The molecule has 2 nitrogen and oxygen atoms in total. The van der Waals surface area contributed by atoms with Crippen LogP contribution in [0, 0.1) is 0 Å². The van der Waals surface area contributed by atoms with Crippen LogP contribution in [0.4, 0.5) is 0 Å². The van der Waals surface area contributed by atoms with E-state index in [9.17, 15) is 0 Å². The molecule has 2 N–H and O–H groups in total. The van der Waals surface area contributed by atoms with E-state index in [1.165, 1.54) is 10.5 Å². The van der Waals surface area contributed by atoms with Crippen molar-refractivity contribution in [3.8, 4) is 0 Å². The van der Waals surface area contributed by atoms with E-state index in [2.05, 4.69) is 36.5 Å². The van der Waals surface area contributed by atoms with Crippen molar-refractivity contribution in [1.82, 2.24) is 5.32 Å². The molecule has 1 aromatic rings. The molecule has 0 aliphatic heterocycles. The van der Waals surface area contributed by atoms with Crippen LogP contribution >= 0.6 is 11.8 Å². The topological polar surface area (TPSA) is 32.3 Å². The first kappa shape index (κ1) is 12.6. The number of hydrogen-bond donors (Lipinski definition) is 2. The van der Waals surface area contributed by atoms with E-state index in [1.54, 1.807) is 11.8 Å². The van der Waals surface area contributed by atoms with Gasteiger partial charge in [-0.3, -0.25) is 0 Å². The fourth-order valence-corrected chi connectivity index (χ4v) is 2.06. The SMILES string of the molecule is CCNCc1ccc(SC(C)CO)cc1. The lowest BCUT2D eigenvalue weighted by Crippen LogP contribution is -2.11. The Morgan fingerprint density at radius 1 is 1.33 bits per heavy atom. The summed E-state index contributed by atoms with van der Waals surface area (Å²) in [4.78, 5) is 1.22. The van der Waals surface area contributed by atoms with Crippen molar-refractivity contribution in [2.45, 2.75) is 30.5 Å². The first-order valence-electron chi connectivity index (χ1n) is 5.33. The molecule has 0 fully saturated rings. The van der Waals surface area contributed by atoms with Gasteiger partial charge in [-0.15, -0.1) is 11.8 Å². The van der Waals surface area contributed by atoms with E-state index in [0.29, 0.717) is 0 Å². The predicted octanol–water partition coefficient (Wildman–Crippen LogP) is 2.27. The third kappa shape index (κ3) is 4.69. The fraction of sp³-hybridized carbons (Fsp3) is 0.500. The Kier molecular flexibility index (Phi) is 5.76. The minimum atomic E-state index is 0.226. The number of thioether (sulfide) groups is 1. The molecule has 0 aliphatic rings. The van der Waals surface area contributed by atoms with Gasteiger partial charge >= 0.3 is 0 Å². The number of rotatable bonds is 6. The van der Waals surface area contributed by atoms with Gasteiger partial charge in [0, 0.05) is 16.7 Å². The van der Waals surface area contributed by atoms with Crippen molar-refractivity contribution in [2.75, 3.05) is 13.2 Å². The van der Waals surface area contributed by atoms with Crippen LogP contribution < -0.4 is 5.32 Å². The smallest absolute Gasteiger partial charge is 0.0550 e. The summed E-state index contributed by atoms with van der Waals surface area (Å²) in [6.07, 6.45) is 0. The zero-order valence-electron chi connectivity index (χ0n) is 9.36. The van der Waals surface area contributed by atoms with Gasteiger partial charge in [0.15, 0.2) is 0 Å². The standard InChI is InChI=1S/C12H19NOS/c1-3-13-8-11-4-6-12(7-5-11)15-10(2)9-14/h4-7,10,13-14H,3,8-9H2,1-2H3. The summed E-state index contributed by atoms with van der Waals surface area (Å²) in [6, 6.07) is 8.50. The molecule has 0 saturated heterocycles. The quantitative estimate of drug-likeness (QED) is 0.728. The van der Waals surface area contributed by atoms with Crippen LogP contribution in [0.1, 0.15) is 19.4 Å². The fourth-order valence-electron chi connectivity index (χ4n) is 1.22. The van der Waals surface area contributed by atoms with Crippen LogP contribution in [0.15, 0.2) is 29.2 Å². The van der Waals surface area contributed by atoms with Crippen LogP contribution in [0.25, 0.3) is 0 Å². The highest BCUT2D eigenvalue weighted by atomic mass is 32.2. The second-order valence-electron chi connectivity index (χ2n) is 3.54. The Balaban J connectivity index is 2.48. The Morgan fingerprint density at radius 2 is 2.00 bits per heavy atom. The largest absolute Gasteiger partial charge is 0.395 e. The maximum atomic E-state index is 8.94. The van der Waals surface area contributed by atoms with Gasteiger partial charge < -0.3 is 10.4 Å². The maximum Gasteiger partial charge on any atom is 0.0550 e.